The van der Waals surface area contributed by atoms with Crippen LogP contribution in [0.3, 0.4) is 0 Å². The molecule has 3 rings (SSSR count). The van der Waals surface area contributed by atoms with Crippen LogP contribution in [0.1, 0.15) is 6.92 Å². The summed E-state index contributed by atoms with van der Waals surface area (Å²) in [6.07, 6.45) is 2.75. The Kier molecular flexibility index (Phi) is 3.34. The van der Waals surface area contributed by atoms with E-state index in [0.717, 1.165) is 0 Å². The molecule has 1 aromatic rings. The number of fused-ring (bicyclic) bond motifs is 1. The summed E-state index contributed by atoms with van der Waals surface area (Å²) in [5.41, 5.74) is -1.19. The second kappa shape index (κ2) is 5.08. The molecule has 9 heteroatoms. The Labute approximate surface area is 126 Å². The molecule has 1 aromatic heterocycles. The second-order valence-electron chi connectivity index (χ2n) is 5.73. The first kappa shape index (κ1) is 14.5. The summed E-state index contributed by atoms with van der Waals surface area (Å²) >= 11 is 0. The Bertz CT molecular complexity index is 616. The van der Waals surface area contributed by atoms with Crippen LogP contribution in [-0.4, -0.2) is 73.6 Å². The van der Waals surface area contributed by atoms with Crippen molar-refractivity contribution in [1.82, 2.24) is 24.6 Å². The first-order chi connectivity index (χ1) is 10.5. The number of hydrogen-bond donors (Lipinski definition) is 1. The van der Waals surface area contributed by atoms with Gasteiger partial charge in [-0.2, -0.15) is 5.10 Å². The van der Waals surface area contributed by atoms with Crippen LogP contribution in [0.25, 0.3) is 0 Å². The molecule has 0 aliphatic carbocycles. The minimum absolute atomic E-state index is 0.00585. The molecule has 2 fully saturated rings. The molecular formula is C13H17N5O4. The van der Waals surface area contributed by atoms with Gasteiger partial charge in [0, 0.05) is 26.2 Å². The van der Waals surface area contributed by atoms with Crippen molar-refractivity contribution in [3.05, 3.63) is 12.7 Å². The Morgan fingerprint density at radius 3 is 2.77 bits per heavy atom. The van der Waals surface area contributed by atoms with E-state index >= 15 is 0 Å². The van der Waals surface area contributed by atoms with Gasteiger partial charge in [-0.05, 0) is 6.92 Å². The van der Waals surface area contributed by atoms with Crippen molar-refractivity contribution < 1.29 is 19.5 Å². The normalized spacial score (nSPS) is 27.3. The van der Waals surface area contributed by atoms with Gasteiger partial charge in [0.05, 0.1) is 5.92 Å². The van der Waals surface area contributed by atoms with Gasteiger partial charge >= 0.3 is 5.97 Å². The summed E-state index contributed by atoms with van der Waals surface area (Å²) in [5, 5.41) is 13.5. The number of carboxylic acids is 1. The van der Waals surface area contributed by atoms with E-state index in [2.05, 4.69) is 10.1 Å². The number of rotatable bonds is 4. The van der Waals surface area contributed by atoms with Crippen molar-refractivity contribution in [1.29, 1.82) is 0 Å². The van der Waals surface area contributed by atoms with Crippen LogP contribution in [0.4, 0.5) is 0 Å². The summed E-state index contributed by atoms with van der Waals surface area (Å²) < 4.78 is 1.38. The number of carbonyl (C=O) groups is 3. The quantitative estimate of drug-likeness (QED) is 0.738. The SMILES string of the molecule is CCN1C[C@]2(C(=O)O)CN(C(=O)Cn3cncn3)C[C@@H]2C1=O. The number of carboxylic acid groups (broad SMARTS) is 1. The third-order valence-corrected chi connectivity index (χ3v) is 4.55. The number of nitrogens with zero attached hydrogens (tertiary/aromatic N) is 5. The first-order valence-electron chi connectivity index (χ1n) is 7.10. The van der Waals surface area contributed by atoms with Gasteiger partial charge in [0.1, 0.15) is 24.6 Å². The average Bonchev–Trinajstić information content (AvgIpc) is 3.15. The zero-order valence-electron chi connectivity index (χ0n) is 12.2. The number of carbonyl (C=O) groups excluding carboxylic acids is 2. The van der Waals surface area contributed by atoms with Crippen LogP contribution in [-0.2, 0) is 20.9 Å². The zero-order valence-corrected chi connectivity index (χ0v) is 12.2. The van der Waals surface area contributed by atoms with E-state index in [9.17, 15) is 19.5 Å². The number of aromatic nitrogens is 3. The Morgan fingerprint density at radius 2 is 2.23 bits per heavy atom. The lowest BCUT2D eigenvalue weighted by Gasteiger charge is -2.24. The lowest BCUT2D eigenvalue weighted by Crippen LogP contribution is -2.42. The molecule has 2 atom stereocenters. The minimum Gasteiger partial charge on any atom is -0.481 e. The zero-order chi connectivity index (χ0) is 15.9. The molecule has 0 saturated carbocycles. The highest BCUT2D eigenvalue weighted by Crippen LogP contribution is 2.43. The largest absolute Gasteiger partial charge is 0.481 e. The summed E-state index contributed by atoms with van der Waals surface area (Å²) in [7, 11) is 0. The van der Waals surface area contributed by atoms with E-state index < -0.39 is 17.3 Å². The van der Waals surface area contributed by atoms with Gasteiger partial charge in [0.25, 0.3) is 0 Å². The van der Waals surface area contributed by atoms with Gasteiger partial charge < -0.3 is 14.9 Å². The van der Waals surface area contributed by atoms with Crippen LogP contribution in [0.5, 0.6) is 0 Å². The molecule has 0 aromatic carbocycles. The fourth-order valence-electron chi connectivity index (χ4n) is 3.32. The first-order valence-corrected chi connectivity index (χ1v) is 7.10. The molecule has 2 saturated heterocycles. The van der Waals surface area contributed by atoms with Gasteiger partial charge in [0.15, 0.2) is 0 Å². The monoisotopic (exact) mass is 307 g/mol. The van der Waals surface area contributed by atoms with Gasteiger partial charge in [-0.1, -0.05) is 0 Å². The van der Waals surface area contributed by atoms with Crippen molar-refractivity contribution >= 4 is 17.8 Å². The summed E-state index contributed by atoms with van der Waals surface area (Å²) in [4.78, 5) is 43.1. The molecule has 2 aliphatic rings. The fourth-order valence-corrected chi connectivity index (χ4v) is 3.32. The van der Waals surface area contributed by atoms with Crippen LogP contribution in [0.15, 0.2) is 12.7 Å². The highest BCUT2D eigenvalue weighted by Gasteiger charge is 2.62. The van der Waals surface area contributed by atoms with Crippen LogP contribution in [0, 0.1) is 11.3 Å². The van der Waals surface area contributed by atoms with Gasteiger partial charge in [-0.15, -0.1) is 0 Å². The molecule has 118 valence electrons. The third-order valence-electron chi connectivity index (χ3n) is 4.55. The third kappa shape index (κ3) is 2.04. The smallest absolute Gasteiger partial charge is 0.314 e. The lowest BCUT2D eigenvalue weighted by molar-refractivity contribution is -0.150. The number of amides is 2. The molecule has 3 heterocycles. The maximum atomic E-state index is 12.3. The predicted molar refractivity (Wildman–Crippen MR) is 72.4 cm³/mol. The summed E-state index contributed by atoms with van der Waals surface area (Å²) in [6.45, 7) is 2.67. The molecule has 2 aliphatic heterocycles. The van der Waals surface area contributed by atoms with E-state index in [1.165, 1.54) is 22.2 Å². The predicted octanol–water partition coefficient (Wildman–Crippen LogP) is -1.33. The van der Waals surface area contributed by atoms with Gasteiger partial charge in [0.2, 0.25) is 11.8 Å². The van der Waals surface area contributed by atoms with E-state index in [0.29, 0.717) is 6.54 Å². The number of hydrogen-bond acceptors (Lipinski definition) is 5. The van der Waals surface area contributed by atoms with Crippen molar-refractivity contribution in [2.24, 2.45) is 11.3 Å². The van der Waals surface area contributed by atoms with E-state index in [4.69, 9.17) is 0 Å². The number of aliphatic carboxylic acids is 1. The minimum atomic E-state index is -1.19. The highest BCUT2D eigenvalue weighted by atomic mass is 16.4. The van der Waals surface area contributed by atoms with Crippen molar-refractivity contribution in [3.63, 3.8) is 0 Å². The van der Waals surface area contributed by atoms with Crippen molar-refractivity contribution in [2.75, 3.05) is 26.2 Å². The summed E-state index contributed by atoms with van der Waals surface area (Å²) in [5.74, 6) is -2.11. The Morgan fingerprint density at radius 1 is 1.45 bits per heavy atom. The fraction of sp³-hybridized carbons (Fsp3) is 0.615. The molecule has 0 radical (unpaired) electrons. The van der Waals surface area contributed by atoms with Crippen LogP contribution in [0.2, 0.25) is 0 Å². The highest BCUT2D eigenvalue weighted by molar-refractivity contribution is 5.93. The van der Waals surface area contributed by atoms with Crippen molar-refractivity contribution in [3.8, 4) is 0 Å². The lowest BCUT2D eigenvalue weighted by atomic mass is 9.81. The van der Waals surface area contributed by atoms with E-state index in [1.54, 1.807) is 4.90 Å². The van der Waals surface area contributed by atoms with Crippen LogP contribution >= 0.6 is 0 Å². The maximum Gasteiger partial charge on any atom is 0.314 e. The van der Waals surface area contributed by atoms with Gasteiger partial charge in [-0.25, -0.2) is 9.67 Å². The molecule has 2 amide bonds. The van der Waals surface area contributed by atoms with Crippen LogP contribution < -0.4 is 0 Å². The molecular weight excluding hydrogens is 290 g/mol. The Hall–Kier alpha value is -2.45. The number of likely N-dealkylation sites (tertiary alicyclic amines) is 2. The van der Waals surface area contributed by atoms with E-state index in [1.807, 2.05) is 6.92 Å². The molecule has 0 bridgehead atoms. The van der Waals surface area contributed by atoms with Crippen molar-refractivity contribution in [2.45, 2.75) is 13.5 Å². The summed E-state index contributed by atoms with van der Waals surface area (Å²) in [6, 6.07) is 0. The molecule has 1 N–H and O–H groups in total. The molecule has 0 unspecified atom stereocenters. The average molecular weight is 307 g/mol. The Balaban J connectivity index is 1.78. The van der Waals surface area contributed by atoms with Gasteiger partial charge in [-0.3, -0.25) is 14.4 Å². The standard InChI is InChI=1S/C13H17N5O4/c1-2-16-5-13(12(21)22)6-17(3-9(13)11(16)20)10(19)4-18-8-14-7-15-18/h7-9H,2-6H2,1H3,(H,21,22)/t9-,13+/m1/s1. The van der Waals surface area contributed by atoms with E-state index in [-0.39, 0.29) is 38.0 Å². The molecule has 22 heavy (non-hydrogen) atoms. The molecule has 0 spiro atoms. The topological polar surface area (TPSA) is 109 Å². The molecule has 9 nitrogen and oxygen atoms in total. The second-order valence-corrected chi connectivity index (χ2v) is 5.73. The maximum absolute atomic E-state index is 12.3.